The van der Waals surface area contributed by atoms with E-state index in [0.29, 0.717) is 12.3 Å². The molecule has 6 heteroatoms. The second-order valence-corrected chi connectivity index (χ2v) is 6.02. The Bertz CT molecular complexity index is 740. The number of aliphatic carboxylic acids is 1. The summed E-state index contributed by atoms with van der Waals surface area (Å²) in [5.41, 5.74) is 1.87. The number of hydrogen-bond acceptors (Lipinski definition) is 4. The van der Waals surface area contributed by atoms with E-state index in [1.807, 2.05) is 43.3 Å². The molecule has 1 unspecified atom stereocenters. The maximum absolute atomic E-state index is 12.7. The third kappa shape index (κ3) is 5.24. The van der Waals surface area contributed by atoms with Gasteiger partial charge in [-0.15, -0.1) is 0 Å². The van der Waals surface area contributed by atoms with Crippen molar-refractivity contribution >= 4 is 11.9 Å². The number of rotatable bonds is 8. The Morgan fingerprint density at radius 2 is 1.62 bits per heavy atom. The molecule has 0 aliphatic rings. The minimum atomic E-state index is -1.02. The first kappa shape index (κ1) is 19.3. The van der Waals surface area contributed by atoms with Crippen molar-refractivity contribution < 1.29 is 24.2 Å². The van der Waals surface area contributed by atoms with Gasteiger partial charge in [-0.3, -0.25) is 4.79 Å². The second-order valence-electron chi connectivity index (χ2n) is 6.02. The smallest absolute Gasteiger partial charge is 0.341 e. The van der Waals surface area contributed by atoms with Gasteiger partial charge in [0.25, 0.3) is 0 Å². The molecule has 1 atom stereocenters. The fourth-order valence-electron chi connectivity index (χ4n) is 2.55. The molecule has 138 valence electrons. The third-order valence-electron chi connectivity index (χ3n) is 4.07. The van der Waals surface area contributed by atoms with Gasteiger partial charge in [0.05, 0.1) is 13.0 Å². The standard InChI is InChI=1S/C20H23NO5/c1-14(16-6-10-17(25-3)11-7-16)20(24)21(2)12-15-4-8-18(9-5-15)26-13-19(22)23/h4-11,14H,12-13H2,1-3H3,(H,22,23). The molecule has 0 fully saturated rings. The third-order valence-corrected chi connectivity index (χ3v) is 4.07. The van der Waals surface area contributed by atoms with Gasteiger partial charge in [0.2, 0.25) is 5.91 Å². The Morgan fingerprint density at radius 1 is 1.04 bits per heavy atom. The Balaban J connectivity index is 1.95. The second kappa shape index (κ2) is 8.89. The first-order valence-corrected chi connectivity index (χ1v) is 8.23. The van der Waals surface area contributed by atoms with Crippen LogP contribution in [-0.4, -0.2) is 42.6 Å². The van der Waals surface area contributed by atoms with Crippen molar-refractivity contribution in [2.24, 2.45) is 0 Å². The van der Waals surface area contributed by atoms with Crippen LogP contribution in [0.15, 0.2) is 48.5 Å². The number of carbonyl (C=O) groups excluding carboxylic acids is 1. The van der Waals surface area contributed by atoms with E-state index in [-0.39, 0.29) is 18.4 Å². The molecular formula is C20H23NO5. The van der Waals surface area contributed by atoms with E-state index in [1.54, 1.807) is 31.2 Å². The lowest BCUT2D eigenvalue weighted by Gasteiger charge is -2.22. The first-order valence-electron chi connectivity index (χ1n) is 8.23. The average molecular weight is 357 g/mol. The zero-order valence-corrected chi connectivity index (χ0v) is 15.1. The monoisotopic (exact) mass is 357 g/mol. The zero-order chi connectivity index (χ0) is 19.1. The van der Waals surface area contributed by atoms with Gasteiger partial charge in [-0.2, -0.15) is 0 Å². The highest BCUT2D eigenvalue weighted by molar-refractivity contribution is 5.83. The molecule has 0 aliphatic carbocycles. The summed E-state index contributed by atoms with van der Waals surface area (Å²) < 4.78 is 10.2. The van der Waals surface area contributed by atoms with Crippen LogP contribution >= 0.6 is 0 Å². The molecule has 0 bridgehead atoms. The van der Waals surface area contributed by atoms with Crippen LogP contribution in [0.2, 0.25) is 0 Å². The Morgan fingerprint density at radius 3 is 2.15 bits per heavy atom. The van der Waals surface area contributed by atoms with Crippen molar-refractivity contribution in [1.29, 1.82) is 0 Å². The summed E-state index contributed by atoms with van der Waals surface area (Å²) in [6.45, 7) is 1.96. The molecule has 0 aliphatic heterocycles. The predicted molar refractivity (Wildman–Crippen MR) is 97.5 cm³/mol. The van der Waals surface area contributed by atoms with Gasteiger partial charge in [0.1, 0.15) is 11.5 Å². The van der Waals surface area contributed by atoms with E-state index in [1.165, 1.54) is 0 Å². The summed E-state index contributed by atoms with van der Waals surface area (Å²) in [5, 5.41) is 8.61. The Hall–Kier alpha value is -3.02. The molecule has 0 spiro atoms. The number of nitrogens with zero attached hydrogens (tertiary/aromatic N) is 1. The number of carbonyl (C=O) groups is 2. The van der Waals surface area contributed by atoms with Gasteiger partial charge < -0.3 is 19.5 Å². The Labute approximate surface area is 153 Å². The number of hydrogen-bond donors (Lipinski definition) is 1. The largest absolute Gasteiger partial charge is 0.497 e. The molecule has 0 saturated carbocycles. The summed E-state index contributed by atoms with van der Waals surface area (Å²) in [4.78, 5) is 24.8. The quantitative estimate of drug-likeness (QED) is 0.786. The van der Waals surface area contributed by atoms with Crippen molar-refractivity contribution in [3.05, 3.63) is 59.7 Å². The molecule has 2 aromatic carbocycles. The zero-order valence-electron chi connectivity index (χ0n) is 15.1. The molecule has 2 rings (SSSR count). The summed E-state index contributed by atoms with van der Waals surface area (Å²) in [7, 11) is 3.37. The predicted octanol–water partition coefficient (Wildman–Crippen LogP) is 2.92. The van der Waals surface area contributed by atoms with Crippen LogP contribution in [0.5, 0.6) is 11.5 Å². The SMILES string of the molecule is COc1ccc(C(C)C(=O)N(C)Cc2ccc(OCC(=O)O)cc2)cc1. The average Bonchev–Trinajstić information content (AvgIpc) is 2.66. The molecule has 26 heavy (non-hydrogen) atoms. The topological polar surface area (TPSA) is 76.1 Å². The molecule has 1 amide bonds. The minimum Gasteiger partial charge on any atom is -0.497 e. The summed E-state index contributed by atoms with van der Waals surface area (Å²) >= 11 is 0. The highest BCUT2D eigenvalue weighted by Crippen LogP contribution is 2.22. The summed E-state index contributed by atoms with van der Waals surface area (Å²) in [5.74, 6) is -0.0268. The molecule has 0 heterocycles. The summed E-state index contributed by atoms with van der Waals surface area (Å²) in [6.07, 6.45) is 0. The molecular weight excluding hydrogens is 334 g/mol. The van der Waals surface area contributed by atoms with Crippen LogP contribution in [0.25, 0.3) is 0 Å². The van der Waals surface area contributed by atoms with Gasteiger partial charge in [-0.1, -0.05) is 24.3 Å². The molecule has 6 nitrogen and oxygen atoms in total. The van der Waals surface area contributed by atoms with Crippen molar-refractivity contribution in [2.45, 2.75) is 19.4 Å². The normalized spacial score (nSPS) is 11.5. The number of ether oxygens (including phenoxy) is 2. The van der Waals surface area contributed by atoms with Gasteiger partial charge in [-0.05, 0) is 42.3 Å². The maximum Gasteiger partial charge on any atom is 0.341 e. The number of benzene rings is 2. The highest BCUT2D eigenvalue weighted by Gasteiger charge is 2.19. The fourth-order valence-corrected chi connectivity index (χ4v) is 2.55. The molecule has 0 radical (unpaired) electrons. The number of carboxylic acid groups (broad SMARTS) is 1. The molecule has 0 saturated heterocycles. The number of carboxylic acids is 1. The van der Waals surface area contributed by atoms with Crippen molar-refractivity contribution in [1.82, 2.24) is 4.90 Å². The van der Waals surface area contributed by atoms with Crippen LogP contribution in [0, 0.1) is 0 Å². The minimum absolute atomic E-state index is 0.0152. The molecule has 1 N–H and O–H groups in total. The van der Waals surface area contributed by atoms with E-state index in [4.69, 9.17) is 14.6 Å². The summed E-state index contributed by atoms with van der Waals surface area (Å²) in [6, 6.07) is 14.5. The van der Waals surface area contributed by atoms with Crippen molar-refractivity contribution in [3.8, 4) is 11.5 Å². The lowest BCUT2D eigenvalue weighted by Crippen LogP contribution is -2.30. The van der Waals surface area contributed by atoms with Gasteiger partial charge in [0, 0.05) is 13.6 Å². The number of methoxy groups -OCH3 is 1. The van der Waals surface area contributed by atoms with E-state index in [2.05, 4.69) is 0 Å². The van der Waals surface area contributed by atoms with Crippen LogP contribution in [0.1, 0.15) is 24.0 Å². The molecule has 0 aromatic heterocycles. The Kier molecular flexibility index (Phi) is 6.60. The van der Waals surface area contributed by atoms with E-state index >= 15 is 0 Å². The van der Waals surface area contributed by atoms with E-state index in [9.17, 15) is 9.59 Å². The van der Waals surface area contributed by atoms with E-state index in [0.717, 1.165) is 16.9 Å². The van der Waals surface area contributed by atoms with Gasteiger partial charge in [0.15, 0.2) is 6.61 Å². The number of likely N-dealkylation sites (N-methyl/N-ethyl adjacent to an activating group) is 1. The van der Waals surface area contributed by atoms with Crippen LogP contribution in [0.3, 0.4) is 0 Å². The van der Waals surface area contributed by atoms with Crippen molar-refractivity contribution in [3.63, 3.8) is 0 Å². The lowest BCUT2D eigenvalue weighted by molar-refractivity contribution is -0.139. The van der Waals surface area contributed by atoms with Crippen LogP contribution < -0.4 is 9.47 Å². The van der Waals surface area contributed by atoms with Crippen molar-refractivity contribution in [2.75, 3.05) is 20.8 Å². The van der Waals surface area contributed by atoms with Crippen LogP contribution in [-0.2, 0) is 16.1 Å². The fraction of sp³-hybridized carbons (Fsp3) is 0.300. The highest BCUT2D eigenvalue weighted by atomic mass is 16.5. The van der Waals surface area contributed by atoms with E-state index < -0.39 is 5.97 Å². The van der Waals surface area contributed by atoms with Crippen LogP contribution in [0.4, 0.5) is 0 Å². The first-order chi connectivity index (χ1) is 12.4. The number of amides is 1. The molecule has 2 aromatic rings. The van der Waals surface area contributed by atoms with Gasteiger partial charge >= 0.3 is 5.97 Å². The maximum atomic E-state index is 12.7. The van der Waals surface area contributed by atoms with Gasteiger partial charge in [-0.25, -0.2) is 4.79 Å². The lowest BCUT2D eigenvalue weighted by atomic mass is 9.99.